The molecule has 3 atom stereocenters. The van der Waals surface area contributed by atoms with E-state index in [1.807, 2.05) is 13.8 Å². The first-order valence-electron chi connectivity index (χ1n) is 4.37. The fourth-order valence-corrected chi connectivity index (χ4v) is 1.33. The molecule has 1 N–H and O–H groups in total. The minimum Gasteiger partial charge on any atom is -0.390 e. The van der Waals surface area contributed by atoms with Gasteiger partial charge in [-0.3, -0.25) is 0 Å². The Bertz CT molecular complexity index is 132. The maximum Gasteiger partial charge on any atom is 0.110 e. The van der Waals surface area contributed by atoms with Crippen LogP contribution in [0.15, 0.2) is 0 Å². The Hall–Kier alpha value is -0.0800. The van der Waals surface area contributed by atoms with Gasteiger partial charge < -0.3 is 9.84 Å². The second kappa shape index (κ2) is 3.11. The quantitative estimate of drug-likeness (QED) is 0.630. The Morgan fingerprint density at radius 2 is 1.64 bits per heavy atom. The van der Waals surface area contributed by atoms with Crippen molar-refractivity contribution in [2.24, 2.45) is 11.8 Å². The number of hydrogen-bond donors (Lipinski definition) is 1. The predicted molar refractivity (Wildman–Crippen MR) is 44.3 cm³/mol. The highest BCUT2D eigenvalue weighted by molar-refractivity contribution is 4.93. The summed E-state index contributed by atoms with van der Waals surface area (Å²) in [5, 5.41) is 9.56. The van der Waals surface area contributed by atoms with E-state index in [0.29, 0.717) is 17.9 Å². The summed E-state index contributed by atoms with van der Waals surface area (Å²) in [4.78, 5) is 0. The molecular formula is C9H18O2. The molecule has 0 unspecified atom stereocenters. The number of hydrogen-bond acceptors (Lipinski definition) is 2. The van der Waals surface area contributed by atoms with Gasteiger partial charge in [0, 0.05) is 0 Å². The Labute approximate surface area is 68.6 Å². The van der Waals surface area contributed by atoms with Crippen LogP contribution in [0.3, 0.4) is 0 Å². The van der Waals surface area contributed by atoms with Crippen LogP contribution in [0.1, 0.15) is 27.7 Å². The summed E-state index contributed by atoms with van der Waals surface area (Å²) < 4.78 is 5.35. The first kappa shape index (κ1) is 9.01. The molecule has 1 aliphatic rings. The maximum atomic E-state index is 9.56. The van der Waals surface area contributed by atoms with Crippen molar-refractivity contribution < 1.29 is 9.84 Å². The van der Waals surface area contributed by atoms with Crippen LogP contribution in [0.2, 0.25) is 0 Å². The average molecular weight is 158 g/mol. The highest BCUT2D eigenvalue weighted by Gasteiger charge is 2.46. The van der Waals surface area contributed by atoms with Crippen molar-refractivity contribution in [2.75, 3.05) is 0 Å². The van der Waals surface area contributed by atoms with Crippen LogP contribution in [0.4, 0.5) is 0 Å². The van der Waals surface area contributed by atoms with E-state index in [0.717, 1.165) is 0 Å². The predicted octanol–water partition coefficient (Wildman–Crippen LogP) is 1.43. The lowest BCUT2D eigenvalue weighted by atomic mass is 9.98. The molecule has 0 aromatic carbocycles. The molecule has 66 valence electrons. The Kier molecular flexibility index (Phi) is 2.55. The lowest BCUT2D eigenvalue weighted by Crippen LogP contribution is -2.24. The van der Waals surface area contributed by atoms with Gasteiger partial charge in [0.1, 0.15) is 6.10 Å². The normalized spacial score (nSPS) is 33.0. The zero-order valence-electron chi connectivity index (χ0n) is 7.74. The summed E-state index contributed by atoms with van der Waals surface area (Å²) in [6.45, 7) is 8.28. The van der Waals surface area contributed by atoms with Crippen molar-refractivity contribution in [3.8, 4) is 0 Å². The molecule has 1 heterocycles. The third kappa shape index (κ3) is 1.94. The third-order valence-electron chi connectivity index (χ3n) is 2.24. The van der Waals surface area contributed by atoms with Gasteiger partial charge in [-0.2, -0.15) is 0 Å². The Balaban J connectivity index is 2.31. The number of aliphatic hydroxyl groups excluding tert-OH is 1. The van der Waals surface area contributed by atoms with Gasteiger partial charge in [0.05, 0.1) is 12.2 Å². The SMILES string of the molecule is CC(C)[C@H]1O[C@H]1[C@@H](O)C(C)C. The molecule has 0 radical (unpaired) electrons. The molecule has 1 fully saturated rings. The van der Waals surface area contributed by atoms with Gasteiger partial charge in [-0.25, -0.2) is 0 Å². The molecule has 2 nitrogen and oxygen atoms in total. The molecule has 1 aliphatic heterocycles. The van der Waals surface area contributed by atoms with E-state index in [1.54, 1.807) is 0 Å². The first-order chi connectivity index (χ1) is 5.04. The molecule has 0 aromatic heterocycles. The van der Waals surface area contributed by atoms with Gasteiger partial charge in [-0.1, -0.05) is 27.7 Å². The highest BCUT2D eigenvalue weighted by Crippen LogP contribution is 2.33. The van der Waals surface area contributed by atoms with Crippen LogP contribution in [0.25, 0.3) is 0 Å². The molecule has 1 rings (SSSR count). The van der Waals surface area contributed by atoms with Gasteiger partial charge in [0.2, 0.25) is 0 Å². The molecule has 0 amide bonds. The van der Waals surface area contributed by atoms with Gasteiger partial charge in [0.25, 0.3) is 0 Å². The summed E-state index contributed by atoms with van der Waals surface area (Å²) in [5.74, 6) is 0.845. The smallest absolute Gasteiger partial charge is 0.110 e. The van der Waals surface area contributed by atoms with Crippen LogP contribution in [-0.2, 0) is 4.74 Å². The zero-order chi connectivity index (χ0) is 8.59. The number of aliphatic hydroxyl groups is 1. The summed E-state index contributed by atoms with van der Waals surface area (Å²) >= 11 is 0. The van der Waals surface area contributed by atoms with Crippen molar-refractivity contribution in [1.82, 2.24) is 0 Å². The number of ether oxygens (including phenoxy) is 1. The van der Waals surface area contributed by atoms with Crippen LogP contribution >= 0.6 is 0 Å². The minimum atomic E-state index is -0.276. The topological polar surface area (TPSA) is 32.8 Å². The lowest BCUT2D eigenvalue weighted by Gasteiger charge is -2.11. The molecule has 0 aromatic rings. The van der Waals surface area contributed by atoms with Gasteiger partial charge in [-0.05, 0) is 11.8 Å². The number of epoxide rings is 1. The second-order valence-corrected chi connectivity index (χ2v) is 4.04. The Morgan fingerprint density at radius 1 is 1.09 bits per heavy atom. The number of rotatable bonds is 3. The van der Waals surface area contributed by atoms with E-state index in [2.05, 4.69) is 13.8 Å². The van der Waals surface area contributed by atoms with E-state index in [4.69, 9.17) is 4.74 Å². The average Bonchev–Trinajstić information content (AvgIpc) is 2.63. The molecular weight excluding hydrogens is 140 g/mol. The fraction of sp³-hybridized carbons (Fsp3) is 1.00. The second-order valence-electron chi connectivity index (χ2n) is 4.04. The van der Waals surface area contributed by atoms with E-state index in [9.17, 15) is 5.11 Å². The van der Waals surface area contributed by atoms with Crippen molar-refractivity contribution in [2.45, 2.75) is 46.0 Å². The summed E-state index contributed by atoms with van der Waals surface area (Å²) in [6.07, 6.45) is 0.129. The molecule has 1 saturated heterocycles. The summed E-state index contributed by atoms with van der Waals surface area (Å²) in [5.41, 5.74) is 0. The van der Waals surface area contributed by atoms with E-state index in [1.165, 1.54) is 0 Å². The fourth-order valence-electron chi connectivity index (χ4n) is 1.33. The molecule has 0 spiro atoms. The third-order valence-corrected chi connectivity index (χ3v) is 2.24. The monoisotopic (exact) mass is 158 g/mol. The maximum absolute atomic E-state index is 9.56. The van der Waals surface area contributed by atoms with E-state index in [-0.39, 0.29) is 12.2 Å². The highest BCUT2D eigenvalue weighted by atomic mass is 16.6. The van der Waals surface area contributed by atoms with E-state index >= 15 is 0 Å². The minimum absolute atomic E-state index is 0.106. The van der Waals surface area contributed by atoms with Crippen LogP contribution in [-0.4, -0.2) is 23.4 Å². The van der Waals surface area contributed by atoms with Crippen LogP contribution < -0.4 is 0 Å². The van der Waals surface area contributed by atoms with Crippen LogP contribution in [0, 0.1) is 11.8 Å². The van der Waals surface area contributed by atoms with Crippen molar-refractivity contribution >= 4 is 0 Å². The van der Waals surface area contributed by atoms with Crippen molar-refractivity contribution in [1.29, 1.82) is 0 Å². The van der Waals surface area contributed by atoms with Crippen LogP contribution in [0.5, 0.6) is 0 Å². The van der Waals surface area contributed by atoms with Gasteiger partial charge in [0.15, 0.2) is 0 Å². The molecule has 0 aliphatic carbocycles. The van der Waals surface area contributed by atoms with Gasteiger partial charge >= 0.3 is 0 Å². The first-order valence-corrected chi connectivity index (χ1v) is 4.37. The molecule has 11 heavy (non-hydrogen) atoms. The zero-order valence-corrected chi connectivity index (χ0v) is 7.74. The molecule has 2 heteroatoms. The summed E-state index contributed by atoms with van der Waals surface area (Å²) in [7, 11) is 0. The molecule has 0 saturated carbocycles. The Morgan fingerprint density at radius 3 is 1.91 bits per heavy atom. The largest absolute Gasteiger partial charge is 0.390 e. The molecule has 0 bridgehead atoms. The van der Waals surface area contributed by atoms with Gasteiger partial charge in [-0.15, -0.1) is 0 Å². The standard InChI is InChI=1S/C9H18O2/c1-5(2)7(10)9-8(11-9)6(3)4/h5-10H,1-4H3/t7-,8+,9-/m0/s1. The van der Waals surface area contributed by atoms with Crippen molar-refractivity contribution in [3.63, 3.8) is 0 Å². The lowest BCUT2D eigenvalue weighted by molar-refractivity contribution is 0.0922. The van der Waals surface area contributed by atoms with Crippen molar-refractivity contribution in [3.05, 3.63) is 0 Å². The van der Waals surface area contributed by atoms with E-state index < -0.39 is 0 Å². The summed E-state index contributed by atoms with van der Waals surface area (Å²) in [6, 6.07) is 0.